The van der Waals surface area contributed by atoms with Crippen LogP contribution in [0.25, 0.3) is 0 Å². The number of Topliss-reactive ketones (excluding diaryl/α,β-unsaturated/α-hetero) is 1. The van der Waals surface area contributed by atoms with Crippen molar-refractivity contribution < 1.29 is 18.7 Å². The van der Waals surface area contributed by atoms with Crippen molar-refractivity contribution >= 4 is 17.7 Å². The van der Waals surface area contributed by atoms with Gasteiger partial charge in [0.2, 0.25) is 0 Å². The summed E-state index contributed by atoms with van der Waals surface area (Å²) in [7, 11) is 0. The SMILES string of the molecule is Nc1ncccc1CC(=O)c1ccc(CNC(=O)OCc2ccc(F)cc2)cc1. The molecule has 3 N–H and O–H groups in total. The third-order valence-corrected chi connectivity index (χ3v) is 4.27. The summed E-state index contributed by atoms with van der Waals surface area (Å²) in [5, 5.41) is 2.63. The molecule has 2 aromatic carbocycles. The largest absolute Gasteiger partial charge is 0.445 e. The Hall–Kier alpha value is -3.74. The van der Waals surface area contributed by atoms with Crippen LogP contribution in [0.5, 0.6) is 0 Å². The molecule has 0 fully saturated rings. The van der Waals surface area contributed by atoms with E-state index in [1.54, 1.807) is 54.7 Å². The normalized spacial score (nSPS) is 10.4. The first kappa shape index (κ1) is 20.0. The first-order chi connectivity index (χ1) is 14.0. The summed E-state index contributed by atoms with van der Waals surface area (Å²) >= 11 is 0. The van der Waals surface area contributed by atoms with Gasteiger partial charge in [-0.25, -0.2) is 14.2 Å². The molecule has 0 spiro atoms. The van der Waals surface area contributed by atoms with Crippen molar-refractivity contribution in [3.8, 4) is 0 Å². The van der Waals surface area contributed by atoms with Crippen molar-refractivity contribution in [3.63, 3.8) is 0 Å². The fourth-order valence-electron chi connectivity index (χ4n) is 2.64. The lowest BCUT2D eigenvalue weighted by Crippen LogP contribution is -2.23. The van der Waals surface area contributed by atoms with E-state index in [9.17, 15) is 14.0 Å². The second kappa shape index (κ2) is 9.45. The number of nitrogens with two attached hydrogens (primary N) is 1. The Labute approximate surface area is 167 Å². The number of benzene rings is 2. The molecule has 0 aliphatic rings. The molecule has 3 aromatic rings. The van der Waals surface area contributed by atoms with E-state index in [0.29, 0.717) is 22.5 Å². The van der Waals surface area contributed by atoms with Crippen molar-refractivity contribution in [2.45, 2.75) is 19.6 Å². The number of pyridine rings is 1. The van der Waals surface area contributed by atoms with Crippen molar-refractivity contribution in [1.29, 1.82) is 0 Å². The van der Waals surface area contributed by atoms with Crippen LogP contribution in [0.2, 0.25) is 0 Å². The Kier molecular flexibility index (Phi) is 6.52. The standard InChI is InChI=1S/C22H20FN3O3/c23-19-9-5-16(6-10-19)14-29-22(28)26-13-15-3-7-17(8-4-15)20(27)12-18-2-1-11-25-21(18)24/h1-11H,12-14H2,(H2,24,25)(H,26,28). The van der Waals surface area contributed by atoms with Gasteiger partial charge in [0.15, 0.2) is 5.78 Å². The predicted octanol–water partition coefficient (Wildman–Crippen LogP) is 3.65. The third-order valence-electron chi connectivity index (χ3n) is 4.27. The lowest BCUT2D eigenvalue weighted by molar-refractivity contribution is 0.0993. The van der Waals surface area contributed by atoms with Crippen molar-refractivity contribution in [3.05, 3.63) is 94.9 Å². The highest BCUT2D eigenvalue weighted by atomic mass is 19.1. The highest BCUT2D eigenvalue weighted by Crippen LogP contribution is 2.13. The summed E-state index contributed by atoms with van der Waals surface area (Å²) in [6.45, 7) is 0.309. The molecule has 0 atom stereocenters. The Balaban J connectivity index is 1.47. The number of alkyl carbamates (subject to hydrolysis) is 1. The summed E-state index contributed by atoms with van der Waals surface area (Å²) < 4.78 is 17.9. The molecule has 148 valence electrons. The molecule has 29 heavy (non-hydrogen) atoms. The lowest BCUT2D eigenvalue weighted by atomic mass is 10.0. The van der Waals surface area contributed by atoms with E-state index in [0.717, 1.165) is 5.56 Å². The Bertz CT molecular complexity index is 989. The summed E-state index contributed by atoms with van der Waals surface area (Å²) in [5.41, 5.74) is 8.53. The molecule has 7 heteroatoms. The molecule has 0 saturated heterocycles. The highest BCUT2D eigenvalue weighted by Gasteiger charge is 2.10. The van der Waals surface area contributed by atoms with Gasteiger partial charge in [0.25, 0.3) is 0 Å². The number of nitrogens with one attached hydrogen (secondary N) is 1. The predicted molar refractivity (Wildman–Crippen MR) is 107 cm³/mol. The summed E-state index contributed by atoms with van der Waals surface area (Å²) in [4.78, 5) is 28.2. The highest BCUT2D eigenvalue weighted by molar-refractivity contribution is 5.98. The summed E-state index contributed by atoms with van der Waals surface area (Å²) in [5.74, 6) is -0.0623. The second-order valence-electron chi connectivity index (χ2n) is 6.40. The van der Waals surface area contributed by atoms with E-state index in [1.165, 1.54) is 12.1 Å². The van der Waals surface area contributed by atoms with Gasteiger partial charge >= 0.3 is 6.09 Å². The van der Waals surface area contributed by atoms with E-state index in [-0.39, 0.29) is 31.2 Å². The fourth-order valence-corrected chi connectivity index (χ4v) is 2.64. The monoisotopic (exact) mass is 393 g/mol. The molecular weight excluding hydrogens is 373 g/mol. The van der Waals surface area contributed by atoms with Crippen LogP contribution in [0.15, 0.2) is 66.9 Å². The number of ether oxygens (including phenoxy) is 1. The van der Waals surface area contributed by atoms with Gasteiger partial charge in [0, 0.05) is 30.3 Å². The van der Waals surface area contributed by atoms with Gasteiger partial charge < -0.3 is 15.8 Å². The van der Waals surface area contributed by atoms with Gasteiger partial charge in [-0.1, -0.05) is 42.5 Å². The smallest absolute Gasteiger partial charge is 0.407 e. The molecule has 0 saturated carbocycles. The number of aromatic nitrogens is 1. The number of carbonyl (C=O) groups excluding carboxylic acids is 2. The van der Waals surface area contributed by atoms with E-state index >= 15 is 0 Å². The molecule has 0 bridgehead atoms. The minimum absolute atomic E-state index is 0.0526. The van der Waals surface area contributed by atoms with Crippen LogP contribution < -0.4 is 11.1 Å². The summed E-state index contributed by atoms with van der Waals surface area (Å²) in [6.07, 6.45) is 1.17. The van der Waals surface area contributed by atoms with Crippen LogP contribution in [0.4, 0.5) is 15.0 Å². The Morgan fingerprint density at radius 3 is 2.38 bits per heavy atom. The number of hydrogen-bond acceptors (Lipinski definition) is 5. The molecule has 1 amide bonds. The molecule has 6 nitrogen and oxygen atoms in total. The van der Waals surface area contributed by atoms with Gasteiger partial charge in [-0.15, -0.1) is 0 Å². The zero-order valence-corrected chi connectivity index (χ0v) is 15.6. The van der Waals surface area contributed by atoms with E-state index in [1.807, 2.05) is 0 Å². The maximum absolute atomic E-state index is 12.8. The number of rotatable bonds is 7. The number of carbonyl (C=O) groups is 2. The topological polar surface area (TPSA) is 94.3 Å². The number of nitrogen functional groups attached to an aromatic ring is 1. The molecule has 1 heterocycles. The zero-order chi connectivity index (χ0) is 20.6. The van der Waals surface area contributed by atoms with Crippen LogP contribution in [0.3, 0.4) is 0 Å². The second-order valence-corrected chi connectivity index (χ2v) is 6.40. The average Bonchev–Trinajstić information content (AvgIpc) is 2.74. The molecule has 0 aliphatic heterocycles. The average molecular weight is 393 g/mol. The van der Waals surface area contributed by atoms with Crippen LogP contribution in [0, 0.1) is 5.82 Å². The minimum atomic E-state index is -0.582. The zero-order valence-electron chi connectivity index (χ0n) is 15.6. The molecule has 1 aromatic heterocycles. The van der Waals surface area contributed by atoms with E-state index in [4.69, 9.17) is 10.5 Å². The van der Waals surface area contributed by atoms with Crippen molar-refractivity contribution in [2.24, 2.45) is 0 Å². The Morgan fingerprint density at radius 2 is 1.69 bits per heavy atom. The fraction of sp³-hybridized carbons (Fsp3) is 0.136. The van der Waals surface area contributed by atoms with Gasteiger partial charge in [-0.05, 0) is 29.3 Å². The third kappa shape index (κ3) is 5.87. The number of ketones is 1. The van der Waals surface area contributed by atoms with Crippen molar-refractivity contribution in [2.75, 3.05) is 5.73 Å². The molecule has 3 rings (SSSR count). The summed E-state index contributed by atoms with van der Waals surface area (Å²) in [6, 6.07) is 16.2. The molecule has 0 unspecified atom stereocenters. The van der Waals surface area contributed by atoms with E-state index < -0.39 is 6.09 Å². The molecular formula is C22H20FN3O3. The lowest BCUT2D eigenvalue weighted by Gasteiger charge is -2.08. The van der Waals surface area contributed by atoms with E-state index in [2.05, 4.69) is 10.3 Å². The number of halogens is 1. The minimum Gasteiger partial charge on any atom is -0.445 e. The maximum atomic E-state index is 12.8. The van der Waals surface area contributed by atoms with Crippen molar-refractivity contribution in [1.82, 2.24) is 10.3 Å². The molecule has 0 radical (unpaired) electrons. The van der Waals surface area contributed by atoms with Gasteiger partial charge in [-0.3, -0.25) is 4.79 Å². The quantitative estimate of drug-likeness (QED) is 0.598. The van der Waals surface area contributed by atoms with Crippen LogP contribution in [0.1, 0.15) is 27.0 Å². The van der Waals surface area contributed by atoms with Gasteiger partial charge in [-0.2, -0.15) is 0 Å². The first-order valence-corrected chi connectivity index (χ1v) is 8.98. The van der Waals surface area contributed by atoms with Gasteiger partial charge in [0.1, 0.15) is 18.2 Å². The number of anilines is 1. The number of hydrogen-bond donors (Lipinski definition) is 2. The van der Waals surface area contributed by atoms with Gasteiger partial charge in [0.05, 0.1) is 0 Å². The van der Waals surface area contributed by atoms with Crippen LogP contribution >= 0.6 is 0 Å². The Morgan fingerprint density at radius 1 is 1.00 bits per heavy atom. The maximum Gasteiger partial charge on any atom is 0.407 e. The number of nitrogens with zero attached hydrogens (tertiary/aromatic N) is 1. The van der Waals surface area contributed by atoms with Crippen LogP contribution in [-0.2, 0) is 24.3 Å². The number of amides is 1. The molecule has 0 aliphatic carbocycles. The van der Waals surface area contributed by atoms with Crippen LogP contribution in [-0.4, -0.2) is 16.9 Å². The first-order valence-electron chi connectivity index (χ1n) is 8.98.